The maximum absolute atomic E-state index is 13.5. The molecule has 0 spiro atoms. The van der Waals surface area contributed by atoms with Crippen LogP contribution >= 0.6 is 11.3 Å². The van der Waals surface area contributed by atoms with E-state index < -0.39 is 8.07 Å². The van der Waals surface area contributed by atoms with Crippen molar-refractivity contribution in [2.24, 2.45) is 0 Å². The molecule has 0 bridgehead atoms. The number of rotatable bonds is 7. The highest BCUT2D eigenvalue weighted by atomic mass is 32.1. The van der Waals surface area contributed by atoms with Crippen LogP contribution in [0.4, 0.5) is 0 Å². The maximum atomic E-state index is 13.5. The second kappa shape index (κ2) is 11.5. The van der Waals surface area contributed by atoms with Gasteiger partial charge in [0, 0.05) is 31.7 Å². The fourth-order valence-corrected chi connectivity index (χ4v) is 11.4. The molecule has 0 aliphatic carbocycles. The molecule has 2 heterocycles. The first-order valence-electron chi connectivity index (χ1n) is 12.4. The minimum atomic E-state index is -1.91. The van der Waals surface area contributed by atoms with Gasteiger partial charge in [0.1, 0.15) is 8.07 Å². The van der Waals surface area contributed by atoms with Crippen molar-refractivity contribution in [3.05, 3.63) is 58.3 Å². The van der Waals surface area contributed by atoms with Gasteiger partial charge in [-0.3, -0.25) is 14.6 Å². The molecule has 0 radical (unpaired) electrons. The lowest BCUT2D eigenvalue weighted by molar-refractivity contribution is 0.0712. The van der Waals surface area contributed by atoms with Crippen molar-refractivity contribution in [1.82, 2.24) is 9.80 Å². The highest BCUT2D eigenvalue weighted by Crippen LogP contribution is 2.40. The highest BCUT2D eigenvalue weighted by Gasteiger charge is 2.42. The molecule has 33 heavy (non-hydrogen) atoms. The Balaban J connectivity index is 1.83. The molecule has 1 fully saturated rings. The topological polar surface area (TPSA) is 23.6 Å². The third kappa shape index (κ3) is 5.98. The lowest BCUT2D eigenvalue weighted by Gasteiger charge is -2.39. The molecule has 1 aromatic heterocycles. The van der Waals surface area contributed by atoms with Crippen LogP contribution in [-0.2, 0) is 6.54 Å². The third-order valence-electron chi connectivity index (χ3n) is 7.38. The van der Waals surface area contributed by atoms with Gasteiger partial charge in [-0.05, 0) is 46.5 Å². The fraction of sp³-hybridized carbons (Fsp3) is 0.536. The zero-order chi connectivity index (χ0) is 24.0. The van der Waals surface area contributed by atoms with Crippen molar-refractivity contribution in [3.8, 4) is 11.6 Å². The van der Waals surface area contributed by atoms with Crippen LogP contribution in [0.25, 0.3) is 0 Å². The van der Waals surface area contributed by atoms with Gasteiger partial charge >= 0.3 is 0 Å². The number of hydrogen-bond donors (Lipinski definition) is 0. The van der Waals surface area contributed by atoms with Crippen LogP contribution < -0.4 is 0 Å². The monoisotopic (exact) mass is 480 g/mol. The lowest BCUT2D eigenvalue weighted by Crippen LogP contribution is -2.47. The summed E-state index contributed by atoms with van der Waals surface area (Å²) in [6.07, 6.45) is 1.94. The Hall–Kier alpha value is -1.87. The summed E-state index contributed by atoms with van der Waals surface area (Å²) in [6.45, 7) is 16.9. The highest BCUT2D eigenvalue weighted by molar-refractivity contribution is 7.12. The van der Waals surface area contributed by atoms with Crippen molar-refractivity contribution < 1.29 is 4.79 Å². The van der Waals surface area contributed by atoms with Gasteiger partial charge in [-0.1, -0.05) is 77.9 Å². The number of piperidine rings is 1. The number of carbonyl (C=O) groups is 1. The Kier molecular flexibility index (Phi) is 8.98. The number of nitrogens with zero attached hydrogens (tertiary/aromatic N) is 2. The van der Waals surface area contributed by atoms with Crippen LogP contribution in [0, 0.1) is 11.6 Å². The smallest absolute Gasteiger partial charge is 0.275 e. The molecule has 3 nitrogen and oxygen atoms in total. The van der Waals surface area contributed by atoms with Crippen molar-refractivity contribution in [2.75, 3.05) is 13.1 Å². The number of amides is 1. The summed E-state index contributed by atoms with van der Waals surface area (Å²) in [4.78, 5) is 18.8. The minimum Gasteiger partial charge on any atom is -0.299 e. The van der Waals surface area contributed by atoms with Gasteiger partial charge in [0.2, 0.25) is 0 Å². The van der Waals surface area contributed by atoms with E-state index >= 15 is 0 Å². The van der Waals surface area contributed by atoms with E-state index in [0.717, 1.165) is 37.4 Å². The van der Waals surface area contributed by atoms with E-state index in [9.17, 15) is 4.79 Å². The predicted octanol–water partition coefficient (Wildman–Crippen LogP) is 7.03. The van der Waals surface area contributed by atoms with E-state index in [-0.39, 0.29) is 11.9 Å². The summed E-state index contributed by atoms with van der Waals surface area (Å²) in [5, 5.41) is 1.98. The second-order valence-corrected chi connectivity index (χ2v) is 16.8. The van der Waals surface area contributed by atoms with Gasteiger partial charge in [0.05, 0.1) is 4.88 Å². The molecule has 0 unspecified atom stereocenters. The Morgan fingerprint density at radius 3 is 2.12 bits per heavy atom. The van der Waals surface area contributed by atoms with E-state index in [2.05, 4.69) is 88.4 Å². The number of thiophene rings is 1. The molecular formula is C28H40N2OSSi. The van der Waals surface area contributed by atoms with Crippen LogP contribution in [0.1, 0.15) is 69.6 Å². The number of hydrogen-bond acceptors (Lipinski definition) is 3. The predicted molar refractivity (Wildman–Crippen MR) is 144 cm³/mol. The number of carbonyl (C=O) groups excluding carboxylic acids is 1. The molecule has 3 rings (SSSR count). The van der Waals surface area contributed by atoms with Gasteiger partial charge in [-0.25, -0.2) is 0 Å². The van der Waals surface area contributed by atoms with Crippen molar-refractivity contribution >= 4 is 25.3 Å². The first-order valence-corrected chi connectivity index (χ1v) is 15.5. The minimum absolute atomic E-state index is 0.0816. The normalized spacial score (nSPS) is 15.7. The Morgan fingerprint density at radius 2 is 1.61 bits per heavy atom. The Bertz CT molecular complexity index is 914. The maximum Gasteiger partial charge on any atom is 0.275 e. The molecule has 178 valence electrons. The lowest BCUT2D eigenvalue weighted by atomic mass is 10.0. The van der Waals surface area contributed by atoms with Gasteiger partial charge in [-0.15, -0.1) is 16.9 Å². The number of likely N-dealkylation sites (tertiary alicyclic amines) is 1. The van der Waals surface area contributed by atoms with E-state index in [1.54, 1.807) is 0 Å². The van der Waals surface area contributed by atoms with Gasteiger partial charge < -0.3 is 0 Å². The van der Waals surface area contributed by atoms with Crippen LogP contribution in [-0.4, -0.2) is 42.9 Å². The Morgan fingerprint density at radius 1 is 1.00 bits per heavy atom. The SMILES string of the molecule is CC(C)[Si](C#CN(C(=O)c1cccs1)C1CCN(Cc2ccccc2)CC1)(C(C)C)C(C)C. The van der Waals surface area contributed by atoms with Crippen LogP contribution in [0.2, 0.25) is 16.6 Å². The standard InChI is InChI=1S/C28H40N2OSSi/c1-22(2)33(23(3)4,24(5)6)20-18-30(28(31)27-13-10-19-32-27)26-14-16-29(17-15-26)21-25-11-8-7-9-12-25/h7-13,19,22-24,26H,14-17,21H2,1-6H3. The summed E-state index contributed by atoms with van der Waals surface area (Å²) >= 11 is 1.52. The zero-order valence-electron chi connectivity index (χ0n) is 21.2. The molecule has 1 aliphatic rings. The second-order valence-electron chi connectivity index (χ2n) is 10.3. The van der Waals surface area contributed by atoms with Gasteiger partial charge in [-0.2, -0.15) is 0 Å². The first kappa shape index (κ1) is 25.7. The Labute approximate surface area is 206 Å². The van der Waals surface area contributed by atoms with Crippen molar-refractivity contribution in [2.45, 2.75) is 83.6 Å². The third-order valence-corrected chi connectivity index (χ3v) is 14.5. The molecule has 5 heteroatoms. The van der Waals surface area contributed by atoms with E-state index in [1.807, 2.05) is 22.4 Å². The molecule has 1 aliphatic heterocycles. The molecule has 0 N–H and O–H groups in total. The van der Waals surface area contributed by atoms with E-state index in [1.165, 1.54) is 16.9 Å². The molecule has 1 amide bonds. The summed E-state index contributed by atoms with van der Waals surface area (Å²) in [7, 11) is -1.91. The fourth-order valence-electron chi connectivity index (χ4n) is 5.59. The average molecular weight is 481 g/mol. The zero-order valence-corrected chi connectivity index (χ0v) is 23.0. The first-order chi connectivity index (χ1) is 15.8. The number of benzene rings is 1. The molecule has 0 saturated carbocycles. The molecule has 1 aromatic carbocycles. The molecular weight excluding hydrogens is 440 g/mol. The van der Waals surface area contributed by atoms with Crippen molar-refractivity contribution in [3.63, 3.8) is 0 Å². The quantitative estimate of drug-likeness (QED) is 0.241. The van der Waals surface area contributed by atoms with E-state index in [0.29, 0.717) is 16.6 Å². The van der Waals surface area contributed by atoms with Gasteiger partial charge in [0.15, 0.2) is 0 Å². The van der Waals surface area contributed by atoms with Crippen LogP contribution in [0.15, 0.2) is 47.8 Å². The average Bonchev–Trinajstić information content (AvgIpc) is 3.32. The molecule has 0 atom stereocenters. The summed E-state index contributed by atoms with van der Waals surface area (Å²) < 4.78 is 0. The summed E-state index contributed by atoms with van der Waals surface area (Å²) in [5.74, 6) is 0.0816. The molecule has 1 saturated heterocycles. The van der Waals surface area contributed by atoms with Crippen LogP contribution in [0.5, 0.6) is 0 Å². The van der Waals surface area contributed by atoms with Gasteiger partial charge in [0.25, 0.3) is 5.91 Å². The largest absolute Gasteiger partial charge is 0.299 e. The van der Waals surface area contributed by atoms with E-state index in [4.69, 9.17) is 0 Å². The summed E-state index contributed by atoms with van der Waals surface area (Å²) in [5.41, 5.74) is 6.82. The van der Waals surface area contributed by atoms with Crippen molar-refractivity contribution in [1.29, 1.82) is 0 Å². The van der Waals surface area contributed by atoms with Crippen LogP contribution in [0.3, 0.4) is 0 Å². The molecule has 2 aromatic rings. The summed E-state index contributed by atoms with van der Waals surface area (Å²) in [6, 6.07) is 18.2.